The van der Waals surface area contributed by atoms with Gasteiger partial charge in [-0.3, -0.25) is 9.00 Å². The molecule has 0 spiro atoms. The van der Waals surface area contributed by atoms with Gasteiger partial charge in [-0.15, -0.1) is 11.8 Å². The van der Waals surface area contributed by atoms with E-state index in [0.29, 0.717) is 11.3 Å². The molecule has 3 rings (SSSR count). The number of rotatable bonds is 7. The van der Waals surface area contributed by atoms with E-state index in [1.165, 1.54) is 18.7 Å². The SMILES string of the molecule is CCOC(=O)[C@H]1[C@H]([S@@](=O)c2ccc(C)cc2)[C@H](C#N)[C@@H]2SC(CCOC(C)=O)=C(C)N21. The van der Waals surface area contributed by atoms with Crippen LogP contribution in [0.5, 0.6) is 0 Å². The fourth-order valence-corrected chi connectivity index (χ4v) is 7.29. The summed E-state index contributed by atoms with van der Waals surface area (Å²) in [5.74, 6) is -1.46. The summed E-state index contributed by atoms with van der Waals surface area (Å²) < 4.78 is 23.9. The van der Waals surface area contributed by atoms with Gasteiger partial charge in [0, 0.05) is 28.8 Å². The maximum absolute atomic E-state index is 13.6. The van der Waals surface area contributed by atoms with Crippen molar-refractivity contribution in [2.75, 3.05) is 13.2 Å². The Hall–Kier alpha value is -2.31. The summed E-state index contributed by atoms with van der Waals surface area (Å²) in [6.07, 6.45) is 0.502. The first kappa shape index (κ1) is 23.4. The largest absolute Gasteiger partial charge is 0.466 e. The maximum atomic E-state index is 13.6. The van der Waals surface area contributed by atoms with Crippen molar-refractivity contribution in [3.63, 3.8) is 0 Å². The molecule has 2 heterocycles. The van der Waals surface area contributed by atoms with Crippen LogP contribution in [-0.4, -0.2) is 50.9 Å². The number of carbonyl (C=O) groups excluding carboxylic acids is 2. The fourth-order valence-electron chi connectivity index (χ4n) is 3.97. The van der Waals surface area contributed by atoms with Crippen molar-refractivity contribution in [1.82, 2.24) is 4.90 Å². The average Bonchev–Trinajstić information content (AvgIpc) is 3.22. The van der Waals surface area contributed by atoms with E-state index in [4.69, 9.17) is 9.47 Å². The van der Waals surface area contributed by atoms with Crippen LogP contribution in [0.3, 0.4) is 0 Å². The number of ether oxygens (including phenoxy) is 2. The third-order valence-electron chi connectivity index (χ3n) is 5.41. The van der Waals surface area contributed by atoms with Gasteiger partial charge in [-0.05, 0) is 32.9 Å². The molecule has 0 aromatic heterocycles. The summed E-state index contributed by atoms with van der Waals surface area (Å²) in [5.41, 5.74) is 1.88. The van der Waals surface area contributed by atoms with Gasteiger partial charge >= 0.3 is 11.9 Å². The third kappa shape index (κ3) is 4.65. The van der Waals surface area contributed by atoms with Gasteiger partial charge in [0.2, 0.25) is 0 Å². The molecule has 0 N–H and O–H groups in total. The van der Waals surface area contributed by atoms with Crippen molar-refractivity contribution in [1.29, 1.82) is 5.26 Å². The summed E-state index contributed by atoms with van der Waals surface area (Å²) in [6.45, 7) is 7.34. The van der Waals surface area contributed by atoms with Gasteiger partial charge in [-0.2, -0.15) is 5.26 Å². The highest BCUT2D eigenvalue weighted by molar-refractivity contribution is 8.04. The highest BCUT2D eigenvalue weighted by Crippen LogP contribution is 2.52. The van der Waals surface area contributed by atoms with Crippen LogP contribution in [0.1, 0.15) is 32.8 Å². The lowest BCUT2D eigenvalue weighted by Crippen LogP contribution is -2.44. The molecular formula is C22H26N2O5S2. The number of fused-ring (bicyclic) bond motifs is 1. The van der Waals surface area contributed by atoms with Crippen LogP contribution in [0.25, 0.3) is 0 Å². The molecule has 0 bridgehead atoms. The Bertz CT molecular complexity index is 954. The van der Waals surface area contributed by atoms with Gasteiger partial charge in [0.15, 0.2) is 0 Å². The second-order valence-corrected chi connectivity index (χ2v) is 10.3. The summed E-state index contributed by atoms with van der Waals surface area (Å²) in [6, 6.07) is 8.80. The molecule has 2 aliphatic rings. The summed E-state index contributed by atoms with van der Waals surface area (Å²) in [5, 5.41) is 8.95. The number of thioether (sulfide) groups is 1. The van der Waals surface area contributed by atoms with Crippen LogP contribution in [0.4, 0.5) is 0 Å². The van der Waals surface area contributed by atoms with E-state index < -0.39 is 34.0 Å². The van der Waals surface area contributed by atoms with Crippen LogP contribution < -0.4 is 0 Å². The average molecular weight is 463 g/mol. The van der Waals surface area contributed by atoms with E-state index in [2.05, 4.69) is 6.07 Å². The van der Waals surface area contributed by atoms with E-state index in [1.54, 1.807) is 19.1 Å². The highest BCUT2D eigenvalue weighted by atomic mass is 32.2. The van der Waals surface area contributed by atoms with E-state index in [1.807, 2.05) is 30.9 Å². The molecule has 9 heteroatoms. The molecule has 1 saturated heterocycles. The van der Waals surface area contributed by atoms with Crippen LogP contribution in [-0.2, 0) is 29.9 Å². The fraction of sp³-hybridized carbons (Fsp3) is 0.500. The van der Waals surface area contributed by atoms with Crippen molar-refractivity contribution in [3.8, 4) is 6.07 Å². The standard InChI is InChI=1S/C22H26N2O5S2/c1-5-28-22(26)19-20(31(27)16-8-6-13(2)7-9-16)17(12-23)21-24(19)14(3)18(30-21)10-11-29-15(4)25/h6-9,17,19-21H,5,10-11H2,1-4H3/t17-,19+,20+,21-,31-/m0/s1. The molecule has 1 fully saturated rings. The molecule has 31 heavy (non-hydrogen) atoms. The molecule has 0 saturated carbocycles. The van der Waals surface area contributed by atoms with Crippen molar-refractivity contribution >= 4 is 34.5 Å². The topological polar surface area (TPSA) is 96.7 Å². The number of benzene rings is 1. The number of nitriles is 1. The van der Waals surface area contributed by atoms with E-state index in [9.17, 15) is 19.1 Å². The van der Waals surface area contributed by atoms with Crippen molar-refractivity contribution in [2.24, 2.45) is 5.92 Å². The lowest BCUT2D eigenvalue weighted by molar-refractivity contribution is -0.147. The monoisotopic (exact) mass is 462 g/mol. The van der Waals surface area contributed by atoms with Crippen molar-refractivity contribution < 1.29 is 23.3 Å². The Morgan fingerprint density at radius 3 is 2.48 bits per heavy atom. The Morgan fingerprint density at radius 1 is 1.23 bits per heavy atom. The zero-order valence-electron chi connectivity index (χ0n) is 18.0. The van der Waals surface area contributed by atoms with Gasteiger partial charge in [0.25, 0.3) is 0 Å². The molecule has 2 aliphatic heterocycles. The maximum Gasteiger partial charge on any atom is 0.330 e. The van der Waals surface area contributed by atoms with Gasteiger partial charge in [0.05, 0.1) is 46.6 Å². The van der Waals surface area contributed by atoms with Gasteiger partial charge in [-0.1, -0.05) is 17.7 Å². The van der Waals surface area contributed by atoms with Crippen LogP contribution in [0, 0.1) is 24.2 Å². The minimum atomic E-state index is -1.57. The number of allylic oxidation sites excluding steroid dienone is 1. The second-order valence-electron chi connectivity index (χ2n) is 7.44. The minimum absolute atomic E-state index is 0.199. The molecule has 7 nitrogen and oxygen atoms in total. The molecule has 166 valence electrons. The summed E-state index contributed by atoms with van der Waals surface area (Å²) in [7, 11) is -1.57. The van der Waals surface area contributed by atoms with E-state index >= 15 is 0 Å². The van der Waals surface area contributed by atoms with E-state index in [0.717, 1.165) is 16.2 Å². The smallest absolute Gasteiger partial charge is 0.330 e. The first-order valence-electron chi connectivity index (χ1n) is 10.1. The molecular weight excluding hydrogens is 436 g/mol. The Kier molecular flexibility index (Phi) is 7.44. The molecule has 0 radical (unpaired) electrons. The number of hydrogen-bond acceptors (Lipinski definition) is 8. The molecule has 0 unspecified atom stereocenters. The predicted molar refractivity (Wildman–Crippen MR) is 118 cm³/mol. The van der Waals surface area contributed by atoms with Gasteiger partial charge in [0.1, 0.15) is 6.04 Å². The number of nitrogens with zero attached hydrogens (tertiary/aromatic N) is 2. The van der Waals surface area contributed by atoms with E-state index in [-0.39, 0.29) is 24.6 Å². The highest BCUT2D eigenvalue weighted by Gasteiger charge is 2.58. The summed E-state index contributed by atoms with van der Waals surface area (Å²) in [4.78, 5) is 27.5. The minimum Gasteiger partial charge on any atom is -0.466 e. The van der Waals surface area contributed by atoms with Crippen LogP contribution in [0.15, 0.2) is 39.8 Å². The lowest BCUT2D eigenvalue weighted by Gasteiger charge is -2.27. The molecule has 1 aromatic carbocycles. The first-order valence-corrected chi connectivity index (χ1v) is 12.2. The number of carbonyl (C=O) groups is 2. The van der Waals surface area contributed by atoms with Gasteiger partial charge < -0.3 is 14.4 Å². The molecule has 0 amide bonds. The molecule has 0 aliphatic carbocycles. The van der Waals surface area contributed by atoms with Crippen molar-refractivity contribution in [2.45, 2.75) is 55.7 Å². The lowest BCUT2D eigenvalue weighted by atomic mass is 10.1. The zero-order chi connectivity index (χ0) is 22.7. The summed E-state index contributed by atoms with van der Waals surface area (Å²) >= 11 is 1.48. The quantitative estimate of drug-likeness (QED) is 0.570. The van der Waals surface area contributed by atoms with Gasteiger partial charge in [-0.25, -0.2) is 4.79 Å². The predicted octanol–water partition coefficient (Wildman–Crippen LogP) is 3.12. The number of hydrogen-bond donors (Lipinski definition) is 0. The number of aryl methyl sites for hydroxylation is 1. The molecule has 1 aromatic rings. The van der Waals surface area contributed by atoms with Crippen LogP contribution >= 0.6 is 11.8 Å². The third-order valence-corrected chi connectivity index (χ3v) is 8.74. The Balaban J connectivity index is 1.96. The number of esters is 2. The Labute approximate surface area is 189 Å². The first-order chi connectivity index (χ1) is 14.8. The normalized spacial score (nSPS) is 25.7. The van der Waals surface area contributed by atoms with Crippen LogP contribution in [0.2, 0.25) is 0 Å². The Morgan fingerprint density at radius 2 is 1.90 bits per heavy atom. The zero-order valence-corrected chi connectivity index (χ0v) is 19.6. The van der Waals surface area contributed by atoms with Crippen molar-refractivity contribution in [3.05, 3.63) is 40.4 Å². The molecule has 5 atom stereocenters. The second kappa shape index (κ2) is 9.88.